The molecule has 1 heterocycles. The molecule has 0 bridgehead atoms. The lowest BCUT2D eigenvalue weighted by Crippen LogP contribution is -2.41. The molecule has 142 valence electrons. The number of hydrogen-bond acceptors (Lipinski definition) is 4. The van der Waals surface area contributed by atoms with E-state index < -0.39 is 0 Å². The molecule has 0 fully saturated rings. The summed E-state index contributed by atoms with van der Waals surface area (Å²) in [4.78, 5) is 13.9. The molecule has 1 aromatic heterocycles. The number of likely N-dealkylation sites (N-methyl/N-ethyl adjacent to an activating group) is 1. The van der Waals surface area contributed by atoms with Crippen LogP contribution in [0.2, 0.25) is 0 Å². The van der Waals surface area contributed by atoms with E-state index in [0.29, 0.717) is 32.7 Å². The molecule has 2 amide bonds. The number of nitrogens with zero attached hydrogens (tertiary/aromatic N) is 1. The molecule has 7 heteroatoms. The van der Waals surface area contributed by atoms with Crippen LogP contribution in [0.4, 0.5) is 9.18 Å². The molecule has 1 aromatic carbocycles. The standard InChI is InChI=1S/C19H26FN3O3/c1-23(2)18(15-6-3-7-16(20)12-15)13-22-19(24)21-9-5-10-25-14-17-8-4-11-26-17/h3-4,6-8,11-12,18H,5,9-10,13-14H2,1-2H3,(H2,21,22,24). The van der Waals surface area contributed by atoms with Gasteiger partial charge in [-0.2, -0.15) is 0 Å². The van der Waals surface area contributed by atoms with Gasteiger partial charge in [-0.25, -0.2) is 9.18 Å². The highest BCUT2D eigenvalue weighted by Gasteiger charge is 2.15. The minimum Gasteiger partial charge on any atom is -0.467 e. The van der Waals surface area contributed by atoms with Gasteiger partial charge >= 0.3 is 6.03 Å². The van der Waals surface area contributed by atoms with Gasteiger partial charge in [-0.3, -0.25) is 0 Å². The van der Waals surface area contributed by atoms with Gasteiger partial charge in [0.2, 0.25) is 0 Å². The average Bonchev–Trinajstić information content (AvgIpc) is 3.11. The number of benzene rings is 1. The van der Waals surface area contributed by atoms with Crippen molar-refractivity contribution in [2.24, 2.45) is 0 Å². The summed E-state index contributed by atoms with van der Waals surface area (Å²) in [6.45, 7) is 1.86. The topological polar surface area (TPSA) is 66.7 Å². The predicted molar refractivity (Wildman–Crippen MR) is 97.2 cm³/mol. The highest BCUT2D eigenvalue weighted by Crippen LogP contribution is 2.18. The Morgan fingerprint density at radius 1 is 1.27 bits per heavy atom. The maximum Gasteiger partial charge on any atom is 0.314 e. The Hall–Kier alpha value is -2.38. The molecule has 2 aromatic rings. The number of carbonyl (C=O) groups excluding carboxylic acids is 1. The fourth-order valence-corrected chi connectivity index (χ4v) is 2.51. The Morgan fingerprint density at radius 2 is 2.12 bits per heavy atom. The van der Waals surface area contributed by atoms with Crippen molar-refractivity contribution in [2.45, 2.75) is 19.1 Å². The summed E-state index contributed by atoms with van der Waals surface area (Å²) in [6, 6.07) is 9.73. The Labute approximate surface area is 153 Å². The maximum absolute atomic E-state index is 13.4. The highest BCUT2D eigenvalue weighted by molar-refractivity contribution is 5.73. The van der Waals surface area contributed by atoms with Crippen molar-refractivity contribution in [3.63, 3.8) is 0 Å². The van der Waals surface area contributed by atoms with Crippen molar-refractivity contribution in [1.82, 2.24) is 15.5 Å². The lowest BCUT2D eigenvalue weighted by molar-refractivity contribution is 0.104. The first-order valence-corrected chi connectivity index (χ1v) is 8.60. The third-order valence-electron chi connectivity index (χ3n) is 3.89. The fourth-order valence-electron chi connectivity index (χ4n) is 2.51. The minimum atomic E-state index is -0.284. The smallest absolute Gasteiger partial charge is 0.314 e. The van der Waals surface area contributed by atoms with E-state index in [-0.39, 0.29) is 17.9 Å². The van der Waals surface area contributed by atoms with Crippen LogP contribution in [0.3, 0.4) is 0 Å². The third-order valence-corrected chi connectivity index (χ3v) is 3.89. The second kappa shape index (κ2) is 10.6. The number of amides is 2. The predicted octanol–water partition coefficient (Wildman–Crippen LogP) is 2.93. The van der Waals surface area contributed by atoms with E-state index in [1.54, 1.807) is 12.3 Å². The highest BCUT2D eigenvalue weighted by atomic mass is 19.1. The van der Waals surface area contributed by atoms with Crippen molar-refractivity contribution in [1.29, 1.82) is 0 Å². The monoisotopic (exact) mass is 363 g/mol. The molecule has 0 aliphatic rings. The van der Waals surface area contributed by atoms with Crippen LogP contribution in [0, 0.1) is 5.82 Å². The zero-order valence-electron chi connectivity index (χ0n) is 15.2. The average molecular weight is 363 g/mol. The number of halogens is 1. The van der Waals surface area contributed by atoms with Crippen LogP contribution in [-0.2, 0) is 11.3 Å². The number of carbonyl (C=O) groups is 1. The molecule has 2 rings (SSSR count). The molecule has 0 aliphatic carbocycles. The zero-order chi connectivity index (χ0) is 18.8. The summed E-state index contributed by atoms with van der Waals surface area (Å²) >= 11 is 0. The quantitative estimate of drug-likeness (QED) is 0.637. The first-order chi connectivity index (χ1) is 12.6. The molecule has 0 radical (unpaired) electrons. The van der Waals surface area contributed by atoms with E-state index in [0.717, 1.165) is 11.3 Å². The van der Waals surface area contributed by atoms with Crippen LogP contribution in [0.5, 0.6) is 0 Å². The van der Waals surface area contributed by atoms with Gasteiger partial charge in [-0.05, 0) is 50.3 Å². The van der Waals surface area contributed by atoms with Crippen molar-refractivity contribution in [3.8, 4) is 0 Å². The zero-order valence-corrected chi connectivity index (χ0v) is 15.2. The summed E-state index contributed by atoms with van der Waals surface area (Å²) in [5.41, 5.74) is 0.821. The molecule has 0 saturated heterocycles. The van der Waals surface area contributed by atoms with Gasteiger partial charge in [0.1, 0.15) is 18.2 Å². The summed E-state index contributed by atoms with van der Waals surface area (Å²) in [5.74, 6) is 0.496. The molecule has 2 N–H and O–H groups in total. The summed E-state index contributed by atoms with van der Waals surface area (Å²) in [6.07, 6.45) is 2.31. The number of ether oxygens (including phenoxy) is 1. The SMILES string of the molecule is CN(C)C(CNC(=O)NCCCOCc1ccco1)c1cccc(F)c1. The van der Waals surface area contributed by atoms with Crippen LogP contribution in [0.25, 0.3) is 0 Å². The Balaban J connectivity index is 1.63. The molecule has 1 unspecified atom stereocenters. The van der Waals surface area contributed by atoms with E-state index >= 15 is 0 Å². The van der Waals surface area contributed by atoms with Gasteiger partial charge in [0, 0.05) is 19.7 Å². The number of furan rings is 1. The Bertz CT molecular complexity index is 662. The first-order valence-electron chi connectivity index (χ1n) is 8.60. The molecule has 0 saturated carbocycles. The molecule has 6 nitrogen and oxygen atoms in total. The largest absolute Gasteiger partial charge is 0.467 e. The lowest BCUT2D eigenvalue weighted by atomic mass is 10.1. The van der Waals surface area contributed by atoms with Gasteiger partial charge in [-0.15, -0.1) is 0 Å². The van der Waals surface area contributed by atoms with Gasteiger partial charge in [-0.1, -0.05) is 12.1 Å². The molecular weight excluding hydrogens is 337 g/mol. The van der Waals surface area contributed by atoms with Crippen LogP contribution in [-0.4, -0.2) is 44.7 Å². The van der Waals surface area contributed by atoms with Crippen molar-refractivity contribution in [2.75, 3.05) is 33.8 Å². The van der Waals surface area contributed by atoms with Gasteiger partial charge in [0.15, 0.2) is 0 Å². The van der Waals surface area contributed by atoms with Crippen molar-refractivity contribution >= 4 is 6.03 Å². The van der Waals surface area contributed by atoms with Crippen LogP contribution in [0.1, 0.15) is 23.8 Å². The van der Waals surface area contributed by atoms with E-state index in [1.165, 1.54) is 12.1 Å². The number of nitrogens with one attached hydrogen (secondary N) is 2. The van der Waals surface area contributed by atoms with E-state index in [1.807, 2.05) is 37.2 Å². The molecule has 26 heavy (non-hydrogen) atoms. The molecule has 0 aliphatic heterocycles. The van der Waals surface area contributed by atoms with Crippen LogP contribution < -0.4 is 10.6 Å². The molecular formula is C19H26FN3O3. The summed E-state index contributed by atoms with van der Waals surface area (Å²) in [7, 11) is 3.79. The van der Waals surface area contributed by atoms with Gasteiger partial charge in [0.05, 0.1) is 12.3 Å². The van der Waals surface area contributed by atoms with Crippen LogP contribution >= 0.6 is 0 Å². The number of hydrogen-bond donors (Lipinski definition) is 2. The third kappa shape index (κ3) is 6.85. The summed E-state index contributed by atoms with van der Waals surface area (Å²) < 4.78 is 24.0. The number of rotatable bonds is 10. The second-order valence-corrected chi connectivity index (χ2v) is 6.16. The van der Waals surface area contributed by atoms with Crippen LogP contribution in [0.15, 0.2) is 47.1 Å². The first kappa shape index (κ1) is 19.9. The minimum absolute atomic E-state index is 0.104. The van der Waals surface area contributed by atoms with E-state index in [2.05, 4.69) is 10.6 Å². The normalized spacial score (nSPS) is 12.2. The Kier molecular flexibility index (Phi) is 8.11. The van der Waals surface area contributed by atoms with Crippen molar-refractivity contribution in [3.05, 3.63) is 59.8 Å². The van der Waals surface area contributed by atoms with Crippen molar-refractivity contribution < 1.29 is 18.3 Å². The maximum atomic E-state index is 13.4. The van der Waals surface area contributed by atoms with Gasteiger partial charge in [0.25, 0.3) is 0 Å². The Morgan fingerprint density at radius 3 is 2.81 bits per heavy atom. The molecule has 0 spiro atoms. The van der Waals surface area contributed by atoms with E-state index in [9.17, 15) is 9.18 Å². The van der Waals surface area contributed by atoms with E-state index in [4.69, 9.17) is 9.15 Å². The fraction of sp³-hybridized carbons (Fsp3) is 0.421. The molecule has 1 atom stereocenters. The summed E-state index contributed by atoms with van der Waals surface area (Å²) in [5, 5.41) is 5.61. The van der Waals surface area contributed by atoms with Gasteiger partial charge < -0.3 is 24.7 Å². The lowest BCUT2D eigenvalue weighted by Gasteiger charge is -2.25. The second-order valence-electron chi connectivity index (χ2n) is 6.16. The number of urea groups is 1.